The lowest BCUT2D eigenvalue weighted by Gasteiger charge is -2.07. The highest BCUT2D eigenvalue weighted by molar-refractivity contribution is 9.10. The SMILES string of the molecule is Cn1nnc(Br)c1C(O)c1cscn1. The maximum Gasteiger partial charge on any atom is 0.154 e. The molecule has 2 aromatic rings. The van der Waals surface area contributed by atoms with Crippen LogP contribution in [0.1, 0.15) is 17.5 Å². The van der Waals surface area contributed by atoms with Crippen LogP contribution in [-0.2, 0) is 7.05 Å². The van der Waals surface area contributed by atoms with Gasteiger partial charge >= 0.3 is 0 Å². The number of thiazole rings is 1. The maximum absolute atomic E-state index is 9.94. The number of hydrogen-bond acceptors (Lipinski definition) is 5. The van der Waals surface area contributed by atoms with E-state index in [2.05, 4.69) is 31.2 Å². The van der Waals surface area contributed by atoms with Gasteiger partial charge < -0.3 is 5.11 Å². The van der Waals surface area contributed by atoms with Gasteiger partial charge in [-0.1, -0.05) is 5.21 Å². The molecular formula is C7H7BrN4OS. The summed E-state index contributed by atoms with van der Waals surface area (Å²) in [5, 5.41) is 19.3. The van der Waals surface area contributed by atoms with Crippen LogP contribution < -0.4 is 0 Å². The number of nitrogens with zero attached hydrogens (tertiary/aromatic N) is 4. The van der Waals surface area contributed by atoms with Gasteiger partial charge in [0.1, 0.15) is 11.8 Å². The van der Waals surface area contributed by atoms with Crippen LogP contribution in [0, 0.1) is 0 Å². The number of aliphatic hydroxyl groups is 1. The molecule has 1 N–H and O–H groups in total. The van der Waals surface area contributed by atoms with Gasteiger partial charge in [0.15, 0.2) is 4.60 Å². The molecule has 14 heavy (non-hydrogen) atoms. The quantitative estimate of drug-likeness (QED) is 0.892. The van der Waals surface area contributed by atoms with Crippen molar-refractivity contribution in [3.63, 3.8) is 0 Å². The van der Waals surface area contributed by atoms with E-state index in [1.54, 1.807) is 17.9 Å². The van der Waals surface area contributed by atoms with Crippen molar-refractivity contribution >= 4 is 27.3 Å². The molecule has 0 spiro atoms. The van der Waals surface area contributed by atoms with E-state index in [-0.39, 0.29) is 0 Å². The van der Waals surface area contributed by atoms with Gasteiger partial charge in [-0.2, -0.15) is 0 Å². The molecule has 0 radical (unpaired) electrons. The monoisotopic (exact) mass is 274 g/mol. The third-order valence-electron chi connectivity index (χ3n) is 1.82. The van der Waals surface area contributed by atoms with Crippen LogP contribution in [0.5, 0.6) is 0 Å². The summed E-state index contributed by atoms with van der Waals surface area (Å²) < 4.78 is 2.06. The van der Waals surface area contributed by atoms with Crippen molar-refractivity contribution in [1.29, 1.82) is 0 Å². The highest BCUT2D eigenvalue weighted by Crippen LogP contribution is 2.25. The molecule has 0 saturated carbocycles. The highest BCUT2D eigenvalue weighted by atomic mass is 79.9. The first kappa shape index (κ1) is 9.75. The molecule has 0 aromatic carbocycles. The number of hydrogen-bond donors (Lipinski definition) is 1. The number of rotatable bonds is 2. The van der Waals surface area contributed by atoms with Crippen molar-refractivity contribution < 1.29 is 5.11 Å². The van der Waals surface area contributed by atoms with E-state index in [0.29, 0.717) is 16.0 Å². The normalized spacial score (nSPS) is 13.1. The summed E-state index contributed by atoms with van der Waals surface area (Å²) in [6, 6.07) is 0. The first-order valence-corrected chi connectivity index (χ1v) is 5.55. The zero-order valence-corrected chi connectivity index (χ0v) is 9.66. The molecule has 0 fully saturated rings. The summed E-state index contributed by atoms with van der Waals surface area (Å²) in [5.41, 5.74) is 2.90. The lowest BCUT2D eigenvalue weighted by Crippen LogP contribution is -2.07. The zero-order chi connectivity index (χ0) is 10.1. The van der Waals surface area contributed by atoms with E-state index in [1.807, 2.05) is 0 Å². The van der Waals surface area contributed by atoms with E-state index < -0.39 is 6.10 Å². The Morgan fingerprint density at radius 3 is 2.93 bits per heavy atom. The molecule has 5 nitrogen and oxygen atoms in total. The minimum absolute atomic E-state index is 0.542. The average molecular weight is 275 g/mol. The van der Waals surface area contributed by atoms with Crippen molar-refractivity contribution in [3.05, 3.63) is 26.9 Å². The second-order valence-corrected chi connectivity index (χ2v) is 4.17. The first-order valence-electron chi connectivity index (χ1n) is 3.81. The van der Waals surface area contributed by atoms with Crippen molar-refractivity contribution in [2.45, 2.75) is 6.10 Å². The summed E-state index contributed by atoms with van der Waals surface area (Å²) in [7, 11) is 1.72. The van der Waals surface area contributed by atoms with Gasteiger partial charge in [-0.15, -0.1) is 16.4 Å². The van der Waals surface area contributed by atoms with Crippen LogP contribution in [0.3, 0.4) is 0 Å². The smallest absolute Gasteiger partial charge is 0.154 e. The Kier molecular flexibility index (Phi) is 2.62. The van der Waals surface area contributed by atoms with Gasteiger partial charge in [0.05, 0.1) is 11.2 Å². The van der Waals surface area contributed by atoms with Crippen molar-refractivity contribution in [3.8, 4) is 0 Å². The van der Waals surface area contributed by atoms with E-state index in [0.717, 1.165) is 0 Å². The fraction of sp³-hybridized carbons (Fsp3) is 0.286. The van der Waals surface area contributed by atoms with Crippen LogP contribution in [0.25, 0.3) is 0 Å². The predicted octanol–water partition coefficient (Wildman–Crippen LogP) is 1.12. The Bertz CT molecular complexity index is 407. The molecule has 0 aliphatic heterocycles. The number of aryl methyl sites for hydroxylation is 1. The second kappa shape index (κ2) is 3.76. The molecule has 2 heterocycles. The van der Waals surface area contributed by atoms with Crippen molar-refractivity contribution in [1.82, 2.24) is 20.0 Å². The van der Waals surface area contributed by atoms with Crippen LogP contribution in [0.2, 0.25) is 0 Å². The molecule has 1 unspecified atom stereocenters. The molecular weight excluding hydrogens is 268 g/mol. The Balaban J connectivity index is 2.41. The lowest BCUT2D eigenvalue weighted by atomic mass is 10.2. The van der Waals surface area contributed by atoms with E-state index >= 15 is 0 Å². The summed E-state index contributed by atoms with van der Waals surface area (Å²) in [6.45, 7) is 0. The molecule has 0 saturated heterocycles. The van der Waals surface area contributed by atoms with Gasteiger partial charge in [0.2, 0.25) is 0 Å². The van der Waals surface area contributed by atoms with E-state index in [9.17, 15) is 5.11 Å². The van der Waals surface area contributed by atoms with Crippen LogP contribution in [-0.4, -0.2) is 25.1 Å². The molecule has 7 heteroatoms. The Hall–Kier alpha value is -0.790. The first-order chi connectivity index (χ1) is 6.70. The molecule has 1 atom stereocenters. The fourth-order valence-corrected chi connectivity index (χ4v) is 2.24. The Morgan fingerprint density at radius 2 is 2.43 bits per heavy atom. The molecule has 0 aliphatic carbocycles. The zero-order valence-electron chi connectivity index (χ0n) is 7.25. The maximum atomic E-state index is 9.94. The predicted molar refractivity (Wildman–Crippen MR) is 54.9 cm³/mol. The number of aliphatic hydroxyl groups excluding tert-OH is 1. The van der Waals surface area contributed by atoms with Gasteiger partial charge in [0, 0.05) is 12.4 Å². The minimum Gasteiger partial charge on any atom is -0.380 e. The fourth-order valence-electron chi connectivity index (χ4n) is 1.13. The van der Waals surface area contributed by atoms with Gasteiger partial charge in [-0.05, 0) is 15.9 Å². The number of aromatic nitrogens is 4. The second-order valence-electron chi connectivity index (χ2n) is 2.70. The Morgan fingerprint density at radius 1 is 1.64 bits per heavy atom. The largest absolute Gasteiger partial charge is 0.380 e. The molecule has 0 aliphatic rings. The Labute approximate surface area is 92.5 Å². The van der Waals surface area contributed by atoms with E-state index in [1.165, 1.54) is 16.0 Å². The minimum atomic E-state index is -0.782. The van der Waals surface area contributed by atoms with E-state index in [4.69, 9.17) is 0 Å². The molecule has 0 bridgehead atoms. The highest BCUT2D eigenvalue weighted by Gasteiger charge is 2.20. The topological polar surface area (TPSA) is 63.8 Å². The lowest BCUT2D eigenvalue weighted by molar-refractivity contribution is 0.205. The molecule has 0 amide bonds. The standard InChI is InChI=1S/C7H7BrN4OS/c1-12-5(7(8)10-11-12)6(13)4-2-14-3-9-4/h2-3,6,13H,1H3. The van der Waals surface area contributed by atoms with Crippen LogP contribution in [0.4, 0.5) is 0 Å². The van der Waals surface area contributed by atoms with Gasteiger partial charge in [-0.3, -0.25) is 0 Å². The summed E-state index contributed by atoms with van der Waals surface area (Å²) in [6.07, 6.45) is -0.782. The van der Waals surface area contributed by atoms with Gasteiger partial charge in [-0.25, -0.2) is 9.67 Å². The molecule has 2 rings (SSSR count). The summed E-state index contributed by atoms with van der Waals surface area (Å²) in [5.74, 6) is 0. The summed E-state index contributed by atoms with van der Waals surface area (Å²) in [4.78, 5) is 4.03. The van der Waals surface area contributed by atoms with Gasteiger partial charge in [0.25, 0.3) is 0 Å². The average Bonchev–Trinajstić information content (AvgIpc) is 2.75. The van der Waals surface area contributed by atoms with Crippen molar-refractivity contribution in [2.75, 3.05) is 0 Å². The molecule has 2 aromatic heterocycles. The van der Waals surface area contributed by atoms with Crippen LogP contribution >= 0.6 is 27.3 Å². The third kappa shape index (κ3) is 1.58. The third-order valence-corrected chi connectivity index (χ3v) is 2.99. The van der Waals surface area contributed by atoms with Crippen LogP contribution in [0.15, 0.2) is 15.5 Å². The summed E-state index contributed by atoms with van der Waals surface area (Å²) >= 11 is 4.66. The molecule has 74 valence electrons. The van der Waals surface area contributed by atoms with Crippen molar-refractivity contribution in [2.24, 2.45) is 7.05 Å². The number of halogens is 1.